The van der Waals surface area contributed by atoms with Crippen molar-refractivity contribution in [1.82, 2.24) is 15.5 Å². The van der Waals surface area contributed by atoms with E-state index in [0.29, 0.717) is 25.0 Å². The lowest BCUT2D eigenvalue weighted by Crippen LogP contribution is -2.47. The first-order valence-electron chi connectivity index (χ1n) is 12.0. The number of benzene rings is 2. The minimum Gasteiger partial charge on any atom is -0.390 e. The molecule has 2 aromatic rings. The molecule has 6 nitrogen and oxygen atoms in total. The van der Waals surface area contributed by atoms with Gasteiger partial charge in [-0.1, -0.05) is 29.8 Å². The highest BCUT2D eigenvalue weighted by Crippen LogP contribution is 2.36. The number of amides is 2. The standard InChI is InChI=1S/C26H29ClF3N3O3/c27-20-6-2-3-17(12-20)16-7-9-21(10-8-16)33-14-22(23(34)15-33)32-24(35)13-31-25(36)18-4-1-5-19(11-18)26(28,29)30/h1-6,11-12,16,21-23,34H,7-10,13-15H2,(H,31,36)(H,32,35)/t16?,21?,22-,23-/m0/s1. The number of alkyl halides is 3. The summed E-state index contributed by atoms with van der Waals surface area (Å²) >= 11 is 6.13. The predicted octanol–water partition coefficient (Wildman–Crippen LogP) is 3.98. The zero-order valence-corrected chi connectivity index (χ0v) is 20.4. The van der Waals surface area contributed by atoms with Gasteiger partial charge in [0.1, 0.15) is 0 Å². The number of hydrogen-bond acceptors (Lipinski definition) is 4. The highest BCUT2D eigenvalue weighted by atomic mass is 35.5. The Bertz CT molecular complexity index is 1090. The molecular weight excluding hydrogens is 495 g/mol. The van der Waals surface area contributed by atoms with Gasteiger partial charge in [-0.15, -0.1) is 0 Å². The van der Waals surface area contributed by atoms with Crippen LogP contribution in [0.2, 0.25) is 5.02 Å². The summed E-state index contributed by atoms with van der Waals surface area (Å²) < 4.78 is 38.6. The number of carbonyl (C=O) groups is 2. The third-order valence-corrected chi connectivity index (χ3v) is 7.29. The Morgan fingerprint density at radius 3 is 2.44 bits per heavy atom. The molecule has 0 aromatic heterocycles. The summed E-state index contributed by atoms with van der Waals surface area (Å²) in [6.07, 6.45) is -1.28. The van der Waals surface area contributed by atoms with E-state index >= 15 is 0 Å². The monoisotopic (exact) mass is 523 g/mol. The summed E-state index contributed by atoms with van der Waals surface area (Å²) in [6, 6.07) is 11.8. The Balaban J connectivity index is 1.23. The molecule has 2 aromatic carbocycles. The van der Waals surface area contributed by atoms with Crippen molar-refractivity contribution < 1.29 is 27.9 Å². The summed E-state index contributed by atoms with van der Waals surface area (Å²) in [4.78, 5) is 26.8. The van der Waals surface area contributed by atoms with Crippen molar-refractivity contribution in [3.63, 3.8) is 0 Å². The molecular formula is C26H29ClF3N3O3. The SMILES string of the molecule is O=C(CNC(=O)c1cccc(C(F)(F)F)c1)N[C@H]1CN(C2CCC(c3cccc(Cl)c3)CC2)C[C@@H]1O. The van der Waals surface area contributed by atoms with Crippen molar-refractivity contribution in [1.29, 1.82) is 0 Å². The second kappa shape index (κ2) is 11.2. The quantitative estimate of drug-likeness (QED) is 0.535. The molecule has 2 aliphatic rings. The predicted molar refractivity (Wildman–Crippen MR) is 130 cm³/mol. The molecule has 4 rings (SSSR count). The van der Waals surface area contributed by atoms with Crippen molar-refractivity contribution >= 4 is 23.4 Å². The Kier molecular flexibility index (Phi) is 8.22. The van der Waals surface area contributed by atoms with E-state index in [1.165, 1.54) is 11.6 Å². The van der Waals surface area contributed by atoms with Crippen LogP contribution < -0.4 is 10.6 Å². The van der Waals surface area contributed by atoms with Gasteiger partial charge in [0.15, 0.2) is 0 Å². The summed E-state index contributed by atoms with van der Waals surface area (Å²) in [6.45, 7) is 0.554. The normalized spacial score (nSPS) is 24.9. The molecule has 0 unspecified atom stereocenters. The van der Waals surface area contributed by atoms with Gasteiger partial charge in [0.25, 0.3) is 5.91 Å². The molecule has 1 saturated carbocycles. The number of aliphatic hydroxyl groups excluding tert-OH is 1. The van der Waals surface area contributed by atoms with Crippen LogP contribution in [0.15, 0.2) is 48.5 Å². The van der Waals surface area contributed by atoms with Crippen molar-refractivity contribution in [3.8, 4) is 0 Å². The highest BCUT2D eigenvalue weighted by molar-refractivity contribution is 6.30. The van der Waals surface area contributed by atoms with E-state index in [0.717, 1.165) is 48.9 Å². The van der Waals surface area contributed by atoms with E-state index in [4.69, 9.17) is 11.6 Å². The summed E-state index contributed by atoms with van der Waals surface area (Å²) in [5.41, 5.74) is 0.133. The minimum atomic E-state index is -4.56. The number of aliphatic hydroxyl groups is 1. The zero-order chi connectivity index (χ0) is 25.9. The first-order chi connectivity index (χ1) is 17.1. The van der Waals surface area contributed by atoms with Crippen molar-refractivity contribution in [2.45, 2.75) is 56.0 Å². The number of nitrogens with one attached hydrogen (secondary N) is 2. The van der Waals surface area contributed by atoms with Crippen LogP contribution in [-0.4, -0.2) is 59.6 Å². The van der Waals surface area contributed by atoms with Crippen LogP contribution in [-0.2, 0) is 11.0 Å². The largest absolute Gasteiger partial charge is 0.416 e. The Labute approximate surface area is 212 Å². The van der Waals surface area contributed by atoms with Gasteiger partial charge in [-0.2, -0.15) is 13.2 Å². The number of rotatable bonds is 6. The smallest absolute Gasteiger partial charge is 0.390 e. The van der Waals surface area contributed by atoms with E-state index in [2.05, 4.69) is 21.6 Å². The molecule has 1 saturated heterocycles. The number of hydrogen-bond donors (Lipinski definition) is 3. The number of nitrogens with zero attached hydrogens (tertiary/aromatic N) is 1. The van der Waals surface area contributed by atoms with Crippen LogP contribution >= 0.6 is 11.6 Å². The fourth-order valence-corrected chi connectivity index (χ4v) is 5.35. The molecule has 2 amide bonds. The van der Waals surface area contributed by atoms with Crippen LogP contribution in [0, 0.1) is 0 Å². The maximum absolute atomic E-state index is 12.9. The lowest BCUT2D eigenvalue weighted by molar-refractivity contribution is -0.137. The first kappa shape index (κ1) is 26.4. The van der Waals surface area contributed by atoms with E-state index in [1.54, 1.807) is 0 Å². The molecule has 2 fully saturated rings. The van der Waals surface area contributed by atoms with Gasteiger partial charge in [0, 0.05) is 29.7 Å². The molecule has 1 aliphatic heterocycles. The van der Waals surface area contributed by atoms with Crippen LogP contribution in [0.3, 0.4) is 0 Å². The molecule has 0 spiro atoms. The van der Waals surface area contributed by atoms with Crippen molar-refractivity contribution in [3.05, 3.63) is 70.2 Å². The van der Waals surface area contributed by atoms with Gasteiger partial charge in [0.2, 0.25) is 5.91 Å². The molecule has 36 heavy (non-hydrogen) atoms. The molecule has 194 valence electrons. The summed E-state index contributed by atoms with van der Waals surface area (Å²) in [5.74, 6) is -0.824. The Morgan fingerprint density at radius 2 is 1.75 bits per heavy atom. The second-order valence-corrected chi connectivity index (χ2v) is 9.95. The number of halogens is 4. The number of β-amino-alcohol motifs (C(OH)–C–C–N with tert-alkyl or cyclic N) is 1. The molecule has 1 aliphatic carbocycles. The summed E-state index contributed by atoms with van der Waals surface area (Å²) in [7, 11) is 0. The average Bonchev–Trinajstić information content (AvgIpc) is 3.22. The topological polar surface area (TPSA) is 81.7 Å². The fraction of sp³-hybridized carbons (Fsp3) is 0.462. The van der Waals surface area contributed by atoms with E-state index in [-0.39, 0.29) is 5.56 Å². The van der Waals surface area contributed by atoms with Crippen LogP contribution in [0.4, 0.5) is 13.2 Å². The first-order valence-corrected chi connectivity index (χ1v) is 12.4. The van der Waals surface area contributed by atoms with E-state index in [9.17, 15) is 27.9 Å². The van der Waals surface area contributed by atoms with E-state index in [1.807, 2.05) is 18.2 Å². The van der Waals surface area contributed by atoms with Gasteiger partial charge in [0.05, 0.1) is 24.3 Å². The van der Waals surface area contributed by atoms with Crippen molar-refractivity contribution in [2.24, 2.45) is 0 Å². The molecule has 10 heteroatoms. The van der Waals surface area contributed by atoms with Crippen molar-refractivity contribution in [2.75, 3.05) is 19.6 Å². The number of carbonyl (C=O) groups excluding carboxylic acids is 2. The van der Waals surface area contributed by atoms with Gasteiger partial charge >= 0.3 is 6.18 Å². The number of likely N-dealkylation sites (tertiary alicyclic amines) is 1. The fourth-order valence-electron chi connectivity index (χ4n) is 5.15. The lowest BCUT2D eigenvalue weighted by atomic mass is 9.81. The van der Waals surface area contributed by atoms with Crippen LogP contribution in [0.1, 0.15) is 53.1 Å². The lowest BCUT2D eigenvalue weighted by Gasteiger charge is -2.34. The highest BCUT2D eigenvalue weighted by Gasteiger charge is 2.37. The maximum Gasteiger partial charge on any atom is 0.416 e. The average molecular weight is 524 g/mol. The molecule has 3 N–H and O–H groups in total. The maximum atomic E-state index is 12.9. The van der Waals surface area contributed by atoms with Crippen LogP contribution in [0.25, 0.3) is 0 Å². The van der Waals surface area contributed by atoms with Gasteiger partial charge < -0.3 is 15.7 Å². The third kappa shape index (κ3) is 6.57. The molecule has 0 radical (unpaired) electrons. The summed E-state index contributed by atoms with van der Waals surface area (Å²) in [5, 5.41) is 16.3. The van der Waals surface area contributed by atoms with Gasteiger partial charge in [-0.3, -0.25) is 14.5 Å². The van der Waals surface area contributed by atoms with E-state index < -0.39 is 42.2 Å². The van der Waals surface area contributed by atoms with Gasteiger partial charge in [-0.25, -0.2) is 0 Å². The van der Waals surface area contributed by atoms with Gasteiger partial charge in [-0.05, 0) is 67.5 Å². The third-order valence-electron chi connectivity index (χ3n) is 7.06. The van der Waals surface area contributed by atoms with Crippen LogP contribution in [0.5, 0.6) is 0 Å². The zero-order valence-electron chi connectivity index (χ0n) is 19.6. The molecule has 1 heterocycles. The molecule has 0 bridgehead atoms. The Hall–Kier alpha value is -2.62. The minimum absolute atomic E-state index is 0.182. The second-order valence-electron chi connectivity index (χ2n) is 9.52. The Morgan fingerprint density at radius 1 is 1.03 bits per heavy atom. The molecule has 2 atom stereocenters.